The molecule has 1 N–H and O–H groups in total. The summed E-state index contributed by atoms with van der Waals surface area (Å²) in [6.45, 7) is 2.64. The van der Waals surface area contributed by atoms with E-state index in [1.165, 1.54) is 11.1 Å². The zero-order valence-electron chi connectivity index (χ0n) is 14.6. The minimum absolute atomic E-state index is 0.202. The SMILES string of the molecule is COc1cc2c(cc1OC)CN(Cc1cc(I)c(O)c(OC)c1)CC2. The number of rotatable bonds is 5. The summed E-state index contributed by atoms with van der Waals surface area (Å²) in [6.07, 6.45) is 0.974. The first-order valence-electron chi connectivity index (χ1n) is 8.07. The van der Waals surface area contributed by atoms with E-state index in [1.807, 2.05) is 12.1 Å². The van der Waals surface area contributed by atoms with Gasteiger partial charge in [0.15, 0.2) is 23.0 Å². The van der Waals surface area contributed by atoms with Gasteiger partial charge in [-0.25, -0.2) is 0 Å². The lowest BCUT2D eigenvalue weighted by Crippen LogP contribution is -2.30. The molecule has 0 unspecified atom stereocenters. The fraction of sp³-hybridized carbons (Fsp3) is 0.368. The van der Waals surface area contributed by atoms with Crippen LogP contribution in [-0.4, -0.2) is 37.9 Å². The molecule has 25 heavy (non-hydrogen) atoms. The Morgan fingerprint density at radius 3 is 2.24 bits per heavy atom. The highest BCUT2D eigenvalue weighted by Gasteiger charge is 2.20. The van der Waals surface area contributed by atoms with Crippen LogP contribution in [0.1, 0.15) is 16.7 Å². The van der Waals surface area contributed by atoms with Gasteiger partial charge >= 0.3 is 0 Å². The number of phenols is 1. The number of hydrogen-bond acceptors (Lipinski definition) is 5. The largest absolute Gasteiger partial charge is 0.504 e. The molecular formula is C19H22INO4. The van der Waals surface area contributed by atoms with Crippen molar-refractivity contribution in [3.05, 3.63) is 44.5 Å². The van der Waals surface area contributed by atoms with Crippen LogP contribution < -0.4 is 14.2 Å². The van der Waals surface area contributed by atoms with Gasteiger partial charge in [0.2, 0.25) is 0 Å². The van der Waals surface area contributed by atoms with Crippen LogP contribution in [0.15, 0.2) is 24.3 Å². The molecule has 0 amide bonds. The second-order valence-corrected chi connectivity index (χ2v) is 7.23. The van der Waals surface area contributed by atoms with E-state index >= 15 is 0 Å². The summed E-state index contributed by atoms with van der Waals surface area (Å²) < 4.78 is 16.9. The summed E-state index contributed by atoms with van der Waals surface area (Å²) >= 11 is 2.13. The molecule has 0 aromatic heterocycles. The monoisotopic (exact) mass is 455 g/mol. The first-order chi connectivity index (χ1) is 12.0. The molecule has 0 saturated carbocycles. The van der Waals surface area contributed by atoms with Gasteiger partial charge < -0.3 is 19.3 Å². The maximum absolute atomic E-state index is 9.99. The number of benzene rings is 2. The Balaban J connectivity index is 1.80. The van der Waals surface area contributed by atoms with E-state index in [2.05, 4.69) is 39.6 Å². The third-order valence-electron chi connectivity index (χ3n) is 4.51. The Morgan fingerprint density at radius 2 is 1.60 bits per heavy atom. The summed E-state index contributed by atoms with van der Waals surface area (Å²) in [5.74, 6) is 2.27. The van der Waals surface area contributed by atoms with E-state index in [0.29, 0.717) is 5.75 Å². The Morgan fingerprint density at radius 1 is 0.960 bits per heavy atom. The number of methoxy groups -OCH3 is 3. The third kappa shape index (κ3) is 3.79. The number of fused-ring (bicyclic) bond motifs is 1. The first kappa shape index (κ1) is 18.1. The van der Waals surface area contributed by atoms with Crippen LogP contribution in [0.5, 0.6) is 23.0 Å². The quantitative estimate of drug-likeness (QED) is 0.699. The molecule has 0 spiro atoms. The fourth-order valence-corrected chi connectivity index (χ4v) is 3.87. The normalized spacial score (nSPS) is 14.1. The summed E-state index contributed by atoms with van der Waals surface area (Å²) in [5.41, 5.74) is 3.71. The topological polar surface area (TPSA) is 51.2 Å². The van der Waals surface area contributed by atoms with Crippen LogP contribution in [-0.2, 0) is 19.5 Å². The molecule has 1 heterocycles. The number of halogens is 1. The van der Waals surface area contributed by atoms with Crippen molar-refractivity contribution >= 4 is 22.6 Å². The minimum Gasteiger partial charge on any atom is -0.504 e. The molecule has 0 radical (unpaired) electrons. The average molecular weight is 455 g/mol. The molecule has 3 rings (SSSR count). The molecule has 1 aliphatic rings. The third-order valence-corrected chi connectivity index (χ3v) is 5.33. The lowest BCUT2D eigenvalue weighted by molar-refractivity contribution is 0.243. The summed E-state index contributed by atoms with van der Waals surface area (Å²) in [5, 5.41) is 9.99. The van der Waals surface area contributed by atoms with Crippen molar-refractivity contribution in [1.29, 1.82) is 0 Å². The van der Waals surface area contributed by atoms with Crippen molar-refractivity contribution in [2.75, 3.05) is 27.9 Å². The molecule has 0 aliphatic carbocycles. The van der Waals surface area contributed by atoms with Gasteiger partial charge in [-0.1, -0.05) is 0 Å². The van der Waals surface area contributed by atoms with Crippen molar-refractivity contribution in [3.8, 4) is 23.0 Å². The summed E-state index contributed by atoms with van der Waals surface area (Å²) in [6, 6.07) is 8.06. The molecule has 0 bridgehead atoms. The van der Waals surface area contributed by atoms with Crippen LogP contribution in [0.4, 0.5) is 0 Å². The highest BCUT2D eigenvalue weighted by Crippen LogP contribution is 2.35. The lowest BCUT2D eigenvalue weighted by atomic mass is 9.98. The maximum Gasteiger partial charge on any atom is 0.171 e. The molecule has 0 saturated heterocycles. The molecule has 1 aliphatic heterocycles. The number of aromatic hydroxyl groups is 1. The molecular weight excluding hydrogens is 433 g/mol. The van der Waals surface area contributed by atoms with E-state index in [1.54, 1.807) is 21.3 Å². The van der Waals surface area contributed by atoms with Crippen molar-refractivity contribution < 1.29 is 19.3 Å². The van der Waals surface area contributed by atoms with E-state index in [0.717, 1.165) is 46.7 Å². The predicted octanol–water partition coefficient (Wildman–Crippen LogP) is 3.58. The molecule has 2 aromatic carbocycles. The van der Waals surface area contributed by atoms with Gasteiger partial charge in [-0.2, -0.15) is 0 Å². The zero-order valence-corrected chi connectivity index (χ0v) is 16.8. The molecule has 2 aromatic rings. The average Bonchev–Trinajstić information content (AvgIpc) is 2.63. The standard InChI is InChI=1S/C19H22INO4/c1-23-16-8-13-4-5-21(11-14(13)9-17(16)24-2)10-12-6-15(20)19(22)18(7-12)25-3/h6-9,22H,4-5,10-11H2,1-3H3. The van der Waals surface area contributed by atoms with Gasteiger partial charge in [-0.3, -0.25) is 4.90 Å². The smallest absolute Gasteiger partial charge is 0.171 e. The first-order valence-corrected chi connectivity index (χ1v) is 9.15. The summed E-state index contributed by atoms with van der Waals surface area (Å²) in [7, 11) is 4.90. The second kappa shape index (κ2) is 7.70. The van der Waals surface area contributed by atoms with Crippen LogP contribution in [0, 0.1) is 3.57 Å². The molecule has 0 atom stereocenters. The van der Waals surface area contributed by atoms with Gasteiger partial charge in [0.1, 0.15) is 0 Å². The van der Waals surface area contributed by atoms with E-state index in [4.69, 9.17) is 14.2 Å². The molecule has 5 nitrogen and oxygen atoms in total. The number of hydrogen-bond donors (Lipinski definition) is 1. The summed E-state index contributed by atoms with van der Waals surface area (Å²) in [4.78, 5) is 2.39. The zero-order chi connectivity index (χ0) is 18.0. The Bertz CT molecular complexity index is 779. The van der Waals surface area contributed by atoms with Crippen LogP contribution in [0.3, 0.4) is 0 Å². The molecule has 6 heteroatoms. The van der Waals surface area contributed by atoms with Gasteiger partial charge in [0.05, 0.1) is 24.9 Å². The Labute approximate surface area is 161 Å². The molecule has 0 fully saturated rings. The van der Waals surface area contributed by atoms with E-state index in [-0.39, 0.29) is 5.75 Å². The van der Waals surface area contributed by atoms with Crippen molar-refractivity contribution in [2.45, 2.75) is 19.5 Å². The highest BCUT2D eigenvalue weighted by molar-refractivity contribution is 14.1. The van der Waals surface area contributed by atoms with Crippen molar-refractivity contribution in [1.82, 2.24) is 4.90 Å². The van der Waals surface area contributed by atoms with Crippen molar-refractivity contribution in [2.24, 2.45) is 0 Å². The van der Waals surface area contributed by atoms with Gasteiger partial charge in [-0.15, -0.1) is 0 Å². The van der Waals surface area contributed by atoms with E-state index < -0.39 is 0 Å². The second-order valence-electron chi connectivity index (χ2n) is 6.07. The van der Waals surface area contributed by atoms with Gasteiger partial charge in [-0.05, 0) is 70.0 Å². The van der Waals surface area contributed by atoms with Crippen LogP contribution >= 0.6 is 22.6 Å². The van der Waals surface area contributed by atoms with Gasteiger partial charge in [0, 0.05) is 19.6 Å². The number of nitrogens with zero attached hydrogens (tertiary/aromatic N) is 1. The maximum atomic E-state index is 9.99. The van der Waals surface area contributed by atoms with Crippen molar-refractivity contribution in [3.63, 3.8) is 0 Å². The minimum atomic E-state index is 0.202. The number of phenolic OH excluding ortho intramolecular Hbond substituents is 1. The predicted molar refractivity (Wildman–Crippen MR) is 105 cm³/mol. The van der Waals surface area contributed by atoms with Gasteiger partial charge in [0.25, 0.3) is 0 Å². The number of ether oxygens (including phenoxy) is 3. The highest BCUT2D eigenvalue weighted by atomic mass is 127. The fourth-order valence-electron chi connectivity index (χ4n) is 3.21. The molecule has 134 valence electrons. The van der Waals surface area contributed by atoms with Crippen LogP contribution in [0.25, 0.3) is 0 Å². The Hall–Kier alpha value is -1.67. The van der Waals surface area contributed by atoms with Crippen LogP contribution in [0.2, 0.25) is 0 Å². The lowest BCUT2D eigenvalue weighted by Gasteiger charge is -2.29. The Kier molecular flexibility index (Phi) is 5.58. The van der Waals surface area contributed by atoms with E-state index in [9.17, 15) is 5.11 Å².